The number of nitrogens with zero attached hydrogens (tertiary/aromatic N) is 1. The van der Waals surface area contributed by atoms with Gasteiger partial charge in [0.15, 0.2) is 0 Å². The summed E-state index contributed by atoms with van der Waals surface area (Å²) in [4.78, 5) is 15.3. The molecule has 0 aliphatic rings. The summed E-state index contributed by atoms with van der Waals surface area (Å²) in [6, 6.07) is 3.35. The van der Waals surface area contributed by atoms with Crippen molar-refractivity contribution in [2.24, 2.45) is 0 Å². The van der Waals surface area contributed by atoms with Crippen molar-refractivity contribution in [2.75, 3.05) is 18.4 Å². The highest BCUT2D eigenvalue weighted by molar-refractivity contribution is 6.30. The Bertz CT molecular complexity index is 313. The van der Waals surface area contributed by atoms with Crippen LogP contribution in [0, 0.1) is 0 Å². The monoisotopic (exact) mass is 227 g/mol. The topological polar surface area (TPSA) is 54.0 Å². The van der Waals surface area contributed by atoms with E-state index in [9.17, 15) is 4.79 Å². The van der Waals surface area contributed by atoms with Crippen molar-refractivity contribution < 1.29 is 4.79 Å². The van der Waals surface area contributed by atoms with Crippen LogP contribution in [-0.4, -0.2) is 24.0 Å². The molecule has 5 heteroatoms. The molecule has 1 heterocycles. The van der Waals surface area contributed by atoms with Gasteiger partial charge in [-0.25, -0.2) is 4.98 Å². The first-order valence-corrected chi connectivity index (χ1v) is 5.22. The first-order valence-electron chi connectivity index (χ1n) is 4.84. The summed E-state index contributed by atoms with van der Waals surface area (Å²) in [7, 11) is 0. The maximum atomic E-state index is 11.3. The van der Waals surface area contributed by atoms with Crippen LogP contribution in [0.15, 0.2) is 18.3 Å². The highest BCUT2D eigenvalue weighted by Gasteiger charge is 2.01. The third kappa shape index (κ3) is 4.76. The lowest BCUT2D eigenvalue weighted by atomic mass is 10.4. The van der Waals surface area contributed by atoms with Crippen molar-refractivity contribution in [3.8, 4) is 0 Å². The van der Waals surface area contributed by atoms with Crippen LogP contribution in [0.3, 0.4) is 0 Å². The fourth-order valence-corrected chi connectivity index (χ4v) is 1.13. The fraction of sp³-hybridized carbons (Fsp3) is 0.400. The van der Waals surface area contributed by atoms with Gasteiger partial charge in [-0.3, -0.25) is 4.79 Å². The third-order valence-corrected chi connectivity index (χ3v) is 1.93. The van der Waals surface area contributed by atoms with E-state index in [0.29, 0.717) is 17.4 Å². The largest absolute Gasteiger partial charge is 0.310 e. The maximum Gasteiger partial charge on any atom is 0.239 e. The Morgan fingerprint density at radius 1 is 1.53 bits per heavy atom. The Labute approximate surface area is 94.0 Å². The lowest BCUT2D eigenvalue weighted by Crippen LogP contribution is -2.28. The van der Waals surface area contributed by atoms with E-state index >= 15 is 0 Å². The molecule has 1 amide bonds. The number of hydrogen-bond donors (Lipinski definition) is 2. The van der Waals surface area contributed by atoms with Gasteiger partial charge in [-0.1, -0.05) is 18.5 Å². The van der Waals surface area contributed by atoms with Crippen LogP contribution >= 0.6 is 11.6 Å². The minimum absolute atomic E-state index is 0.0988. The first-order chi connectivity index (χ1) is 7.22. The van der Waals surface area contributed by atoms with Gasteiger partial charge in [0, 0.05) is 6.20 Å². The molecule has 1 aromatic heterocycles. The summed E-state index contributed by atoms with van der Waals surface area (Å²) in [5.74, 6) is 0.418. The standard InChI is InChI=1S/C10H14ClN3O/c1-2-5-12-7-10(15)14-9-4-3-8(11)6-13-9/h3-4,6,12H,2,5,7H2,1H3,(H,13,14,15). The van der Waals surface area contributed by atoms with Crippen LogP contribution in [0.4, 0.5) is 5.82 Å². The first kappa shape index (κ1) is 11.9. The number of carbonyl (C=O) groups is 1. The van der Waals surface area contributed by atoms with E-state index in [2.05, 4.69) is 15.6 Å². The number of carbonyl (C=O) groups excluding carboxylic acids is 1. The Kier molecular flexibility index (Phi) is 5.07. The number of aromatic nitrogens is 1. The van der Waals surface area contributed by atoms with Gasteiger partial charge in [-0.15, -0.1) is 0 Å². The number of hydrogen-bond acceptors (Lipinski definition) is 3. The van der Waals surface area contributed by atoms with Crippen molar-refractivity contribution >= 4 is 23.3 Å². The van der Waals surface area contributed by atoms with Crippen LogP contribution in [0.5, 0.6) is 0 Å². The molecule has 0 bridgehead atoms. The van der Waals surface area contributed by atoms with Crippen LogP contribution in [0.25, 0.3) is 0 Å². The molecule has 82 valence electrons. The van der Waals surface area contributed by atoms with Gasteiger partial charge in [0.05, 0.1) is 11.6 Å². The molecule has 1 aromatic rings. The molecule has 2 N–H and O–H groups in total. The molecule has 1 rings (SSSR count). The number of nitrogens with one attached hydrogen (secondary N) is 2. The predicted octanol–water partition coefficient (Wildman–Crippen LogP) is 1.67. The highest BCUT2D eigenvalue weighted by Crippen LogP contribution is 2.08. The van der Waals surface area contributed by atoms with Crippen LogP contribution < -0.4 is 10.6 Å². The third-order valence-electron chi connectivity index (χ3n) is 1.71. The smallest absolute Gasteiger partial charge is 0.239 e. The zero-order valence-corrected chi connectivity index (χ0v) is 9.34. The molecular formula is C10H14ClN3O. The number of pyridine rings is 1. The summed E-state index contributed by atoms with van der Waals surface area (Å²) in [6.45, 7) is 3.19. The molecule has 0 saturated heterocycles. The van der Waals surface area contributed by atoms with Gasteiger partial charge in [-0.2, -0.15) is 0 Å². The van der Waals surface area contributed by atoms with Gasteiger partial charge >= 0.3 is 0 Å². The summed E-state index contributed by atoms with van der Waals surface area (Å²) in [6.07, 6.45) is 2.50. The average molecular weight is 228 g/mol. The van der Waals surface area contributed by atoms with Crippen LogP contribution in [0.2, 0.25) is 5.02 Å². The van der Waals surface area contributed by atoms with E-state index < -0.39 is 0 Å². The molecule has 0 aliphatic heterocycles. The Morgan fingerprint density at radius 2 is 2.33 bits per heavy atom. The molecule has 0 atom stereocenters. The lowest BCUT2D eigenvalue weighted by Gasteiger charge is -2.04. The zero-order chi connectivity index (χ0) is 11.1. The summed E-state index contributed by atoms with van der Waals surface area (Å²) in [5, 5.41) is 6.21. The fourth-order valence-electron chi connectivity index (χ4n) is 1.02. The lowest BCUT2D eigenvalue weighted by molar-refractivity contribution is -0.115. The minimum Gasteiger partial charge on any atom is -0.310 e. The Balaban J connectivity index is 2.34. The van der Waals surface area contributed by atoms with Gasteiger partial charge in [0.1, 0.15) is 5.82 Å². The van der Waals surface area contributed by atoms with Crippen LogP contribution in [-0.2, 0) is 4.79 Å². The second kappa shape index (κ2) is 6.37. The number of amides is 1. The van der Waals surface area contributed by atoms with Crippen molar-refractivity contribution in [1.29, 1.82) is 0 Å². The average Bonchev–Trinajstić information content (AvgIpc) is 2.22. The second-order valence-electron chi connectivity index (χ2n) is 3.09. The molecule has 15 heavy (non-hydrogen) atoms. The quantitative estimate of drug-likeness (QED) is 0.753. The van der Waals surface area contributed by atoms with E-state index in [1.807, 2.05) is 6.92 Å². The SMILES string of the molecule is CCCNCC(=O)Nc1ccc(Cl)cn1. The minimum atomic E-state index is -0.0988. The predicted molar refractivity (Wildman–Crippen MR) is 61.0 cm³/mol. The van der Waals surface area contributed by atoms with Gasteiger partial charge in [-0.05, 0) is 25.1 Å². The zero-order valence-electron chi connectivity index (χ0n) is 8.59. The van der Waals surface area contributed by atoms with Crippen LogP contribution in [0.1, 0.15) is 13.3 Å². The van der Waals surface area contributed by atoms with Crippen molar-refractivity contribution in [1.82, 2.24) is 10.3 Å². The van der Waals surface area contributed by atoms with E-state index in [4.69, 9.17) is 11.6 Å². The maximum absolute atomic E-state index is 11.3. The molecule has 4 nitrogen and oxygen atoms in total. The molecule has 0 spiro atoms. The second-order valence-corrected chi connectivity index (χ2v) is 3.52. The Hall–Kier alpha value is -1.13. The van der Waals surface area contributed by atoms with Gasteiger partial charge in [0.2, 0.25) is 5.91 Å². The normalized spacial score (nSPS) is 10.0. The summed E-state index contributed by atoms with van der Waals surface area (Å²) < 4.78 is 0. The van der Waals surface area contributed by atoms with E-state index in [1.165, 1.54) is 6.20 Å². The molecule has 0 unspecified atom stereocenters. The summed E-state index contributed by atoms with van der Waals surface area (Å²) in [5.41, 5.74) is 0. The van der Waals surface area contributed by atoms with E-state index in [0.717, 1.165) is 13.0 Å². The van der Waals surface area contributed by atoms with Crippen molar-refractivity contribution in [3.63, 3.8) is 0 Å². The van der Waals surface area contributed by atoms with Gasteiger partial charge < -0.3 is 10.6 Å². The molecule has 0 radical (unpaired) electrons. The summed E-state index contributed by atoms with van der Waals surface area (Å²) >= 11 is 5.66. The molecule has 0 aliphatic carbocycles. The van der Waals surface area contributed by atoms with Gasteiger partial charge in [0.25, 0.3) is 0 Å². The van der Waals surface area contributed by atoms with E-state index in [-0.39, 0.29) is 5.91 Å². The van der Waals surface area contributed by atoms with Crippen molar-refractivity contribution in [3.05, 3.63) is 23.4 Å². The molecular weight excluding hydrogens is 214 g/mol. The Morgan fingerprint density at radius 3 is 2.93 bits per heavy atom. The number of halogens is 1. The molecule has 0 saturated carbocycles. The number of anilines is 1. The number of rotatable bonds is 5. The highest BCUT2D eigenvalue weighted by atomic mass is 35.5. The molecule has 0 aromatic carbocycles. The van der Waals surface area contributed by atoms with E-state index in [1.54, 1.807) is 12.1 Å². The van der Waals surface area contributed by atoms with Crippen molar-refractivity contribution in [2.45, 2.75) is 13.3 Å². The molecule has 0 fully saturated rings.